The van der Waals surface area contributed by atoms with Gasteiger partial charge in [0.05, 0.1) is 0 Å². The quantitative estimate of drug-likeness (QED) is 0.778. The van der Waals surface area contributed by atoms with Gasteiger partial charge in [-0.05, 0) is 25.3 Å². The maximum Gasteiger partial charge on any atom is 0.223 e. The third kappa shape index (κ3) is 2.47. The molecule has 86 valence electrons. The van der Waals surface area contributed by atoms with Crippen molar-refractivity contribution < 1.29 is 0 Å². The van der Waals surface area contributed by atoms with E-state index in [0.717, 1.165) is 11.6 Å². The molecule has 1 aliphatic carbocycles. The monoisotopic (exact) mass is 236 g/mol. The molecule has 16 heavy (non-hydrogen) atoms. The largest absolute Gasteiger partial charge is 0.388 e. The Morgan fingerprint density at radius 3 is 2.94 bits per heavy atom. The van der Waals surface area contributed by atoms with Crippen molar-refractivity contribution in [2.75, 3.05) is 5.32 Å². The Morgan fingerprint density at radius 1 is 1.62 bits per heavy atom. The molecule has 1 aromatic rings. The molecule has 4 nitrogen and oxygen atoms in total. The van der Waals surface area contributed by atoms with E-state index in [1.165, 1.54) is 12.8 Å². The predicted octanol–water partition coefficient (Wildman–Crippen LogP) is 1.63. The Bertz CT molecular complexity index is 418. The highest BCUT2D eigenvalue weighted by atomic mass is 32.1. The topological polar surface area (TPSA) is 63.8 Å². The van der Waals surface area contributed by atoms with E-state index in [0.29, 0.717) is 22.7 Å². The highest BCUT2D eigenvalue weighted by Crippen LogP contribution is 2.35. The molecule has 2 unspecified atom stereocenters. The van der Waals surface area contributed by atoms with Gasteiger partial charge in [-0.3, -0.25) is 0 Å². The van der Waals surface area contributed by atoms with Gasteiger partial charge in [0.25, 0.3) is 0 Å². The Morgan fingerprint density at radius 2 is 2.38 bits per heavy atom. The molecule has 0 aromatic carbocycles. The van der Waals surface area contributed by atoms with E-state index in [-0.39, 0.29) is 0 Å². The molecule has 1 heterocycles. The number of anilines is 1. The van der Waals surface area contributed by atoms with Crippen molar-refractivity contribution in [3.05, 3.63) is 17.5 Å². The van der Waals surface area contributed by atoms with Crippen LogP contribution in [-0.2, 0) is 0 Å². The number of aryl methyl sites for hydroxylation is 1. The standard InChI is InChI=1S/C11H16N4S/c1-3-7-5-8(7)14-11-13-6(2)4-9(15-11)10(12)16/h4,7-8H,3,5H2,1-2H3,(H2,12,16)(H,13,14,15). The van der Waals surface area contributed by atoms with Crippen molar-refractivity contribution in [2.24, 2.45) is 11.7 Å². The number of aromatic nitrogens is 2. The fourth-order valence-corrected chi connectivity index (χ4v) is 1.91. The van der Waals surface area contributed by atoms with Crippen LogP contribution >= 0.6 is 12.2 Å². The van der Waals surface area contributed by atoms with Crippen LogP contribution in [0.5, 0.6) is 0 Å². The van der Waals surface area contributed by atoms with Crippen molar-refractivity contribution in [1.82, 2.24) is 9.97 Å². The van der Waals surface area contributed by atoms with Crippen molar-refractivity contribution >= 4 is 23.2 Å². The van der Waals surface area contributed by atoms with Gasteiger partial charge in [0.1, 0.15) is 10.7 Å². The molecule has 1 aromatic heterocycles. The number of hydrogen-bond acceptors (Lipinski definition) is 4. The summed E-state index contributed by atoms with van der Waals surface area (Å²) in [5.74, 6) is 1.40. The fourth-order valence-electron chi connectivity index (χ4n) is 1.80. The van der Waals surface area contributed by atoms with Gasteiger partial charge in [0, 0.05) is 11.7 Å². The molecular weight excluding hydrogens is 220 g/mol. The van der Waals surface area contributed by atoms with E-state index in [9.17, 15) is 0 Å². The number of nitrogens with zero attached hydrogens (tertiary/aromatic N) is 2. The molecule has 0 bridgehead atoms. The molecule has 1 saturated carbocycles. The minimum atomic E-state index is 0.316. The van der Waals surface area contributed by atoms with Crippen molar-refractivity contribution in [2.45, 2.75) is 32.7 Å². The first-order valence-corrected chi connectivity index (χ1v) is 5.93. The summed E-state index contributed by atoms with van der Waals surface area (Å²) in [5, 5.41) is 3.32. The Balaban J connectivity index is 2.12. The SMILES string of the molecule is CCC1CC1Nc1nc(C)cc(C(N)=S)n1. The summed E-state index contributed by atoms with van der Waals surface area (Å²) < 4.78 is 0. The molecule has 0 aliphatic heterocycles. The summed E-state index contributed by atoms with van der Waals surface area (Å²) >= 11 is 4.92. The summed E-state index contributed by atoms with van der Waals surface area (Å²) in [6.07, 6.45) is 2.40. The van der Waals surface area contributed by atoms with Crippen LogP contribution in [0.1, 0.15) is 31.2 Å². The van der Waals surface area contributed by atoms with Crippen molar-refractivity contribution in [3.63, 3.8) is 0 Å². The first-order chi connectivity index (χ1) is 7.60. The average molecular weight is 236 g/mol. The molecule has 1 aliphatic rings. The third-order valence-corrected chi connectivity index (χ3v) is 3.08. The van der Waals surface area contributed by atoms with Crippen LogP contribution in [0.4, 0.5) is 5.95 Å². The first kappa shape index (κ1) is 11.3. The summed E-state index contributed by atoms with van der Waals surface area (Å²) in [6, 6.07) is 2.32. The minimum absolute atomic E-state index is 0.316. The second-order valence-corrected chi connectivity index (χ2v) is 4.68. The lowest BCUT2D eigenvalue weighted by Crippen LogP contribution is -2.15. The van der Waals surface area contributed by atoms with Gasteiger partial charge >= 0.3 is 0 Å². The highest BCUT2D eigenvalue weighted by molar-refractivity contribution is 7.80. The smallest absolute Gasteiger partial charge is 0.223 e. The zero-order chi connectivity index (χ0) is 11.7. The lowest BCUT2D eigenvalue weighted by Gasteiger charge is -2.06. The molecule has 0 radical (unpaired) electrons. The Hall–Kier alpha value is -1.23. The molecule has 2 rings (SSSR count). The Labute approximate surface area is 101 Å². The molecule has 1 fully saturated rings. The summed E-state index contributed by atoms with van der Waals surface area (Å²) in [4.78, 5) is 8.94. The van der Waals surface area contributed by atoms with Crippen LogP contribution in [0.3, 0.4) is 0 Å². The maximum absolute atomic E-state index is 5.56. The van der Waals surface area contributed by atoms with Gasteiger partial charge in [-0.1, -0.05) is 25.6 Å². The second-order valence-electron chi connectivity index (χ2n) is 4.24. The summed E-state index contributed by atoms with van der Waals surface area (Å²) in [6.45, 7) is 4.11. The third-order valence-electron chi connectivity index (χ3n) is 2.87. The van der Waals surface area contributed by atoms with Crippen LogP contribution < -0.4 is 11.1 Å². The second kappa shape index (κ2) is 4.33. The predicted molar refractivity (Wildman–Crippen MR) is 68.5 cm³/mol. The van der Waals surface area contributed by atoms with Crippen LogP contribution in [-0.4, -0.2) is 21.0 Å². The molecule has 2 atom stereocenters. The van der Waals surface area contributed by atoms with Gasteiger partial charge in [-0.2, -0.15) is 0 Å². The van der Waals surface area contributed by atoms with E-state index in [2.05, 4.69) is 22.2 Å². The first-order valence-electron chi connectivity index (χ1n) is 5.52. The highest BCUT2D eigenvalue weighted by Gasteiger charge is 2.35. The number of thiocarbonyl (C=S) groups is 1. The van der Waals surface area contributed by atoms with Crippen LogP contribution in [0.15, 0.2) is 6.07 Å². The van der Waals surface area contributed by atoms with E-state index in [1.807, 2.05) is 6.92 Å². The van der Waals surface area contributed by atoms with Crippen LogP contribution in [0, 0.1) is 12.8 Å². The maximum atomic E-state index is 5.56. The molecule has 5 heteroatoms. The lowest BCUT2D eigenvalue weighted by atomic mass is 10.3. The summed E-state index contributed by atoms with van der Waals surface area (Å²) in [7, 11) is 0. The normalized spacial score (nSPS) is 22.9. The van der Waals surface area contributed by atoms with Crippen LogP contribution in [0.25, 0.3) is 0 Å². The van der Waals surface area contributed by atoms with Crippen molar-refractivity contribution in [1.29, 1.82) is 0 Å². The number of rotatable bonds is 4. The molecular formula is C11H16N4S. The number of nitrogens with one attached hydrogen (secondary N) is 1. The van der Waals surface area contributed by atoms with Gasteiger partial charge in [0.2, 0.25) is 5.95 Å². The van der Waals surface area contributed by atoms with E-state index in [1.54, 1.807) is 6.07 Å². The fraction of sp³-hybridized carbons (Fsp3) is 0.545. The lowest BCUT2D eigenvalue weighted by molar-refractivity contribution is 0.771. The number of hydrogen-bond donors (Lipinski definition) is 2. The van der Waals surface area contributed by atoms with Gasteiger partial charge in [-0.15, -0.1) is 0 Å². The van der Waals surface area contributed by atoms with E-state index >= 15 is 0 Å². The zero-order valence-corrected chi connectivity index (χ0v) is 10.3. The molecule has 3 N–H and O–H groups in total. The zero-order valence-electron chi connectivity index (χ0n) is 9.53. The molecule has 0 saturated heterocycles. The molecule has 0 amide bonds. The van der Waals surface area contributed by atoms with E-state index in [4.69, 9.17) is 18.0 Å². The van der Waals surface area contributed by atoms with Crippen LogP contribution in [0.2, 0.25) is 0 Å². The van der Waals surface area contributed by atoms with Crippen molar-refractivity contribution in [3.8, 4) is 0 Å². The van der Waals surface area contributed by atoms with Gasteiger partial charge in [0.15, 0.2) is 0 Å². The average Bonchev–Trinajstić information content (AvgIpc) is 2.95. The Kier molecular flexibility index (Phi) is 3.05. The minimum Gasteiger partial charge on any atom is -0.388 e. The number of nitrogens with two attached hydrogens (primary N) is 1. The van der Waals surface area contributed by atoms with Gasteiger partial charge < -0.3 is 11.1 Å². The summed E-state index contributed by atoms with van der Waals surface area (Å²) in [5.41, 5.74) is 7.09. The molecule has 0 spiro atoms. The van der Waals surface area contributed by atoms with E-state index < -0.39 is 0 Å². The van der Waals surface area contributed by atoms with Gasteiger partial charge in [-0.25, -0.2) is 9.97 Å².